The Bertz CT molecular complexity index is 790. The van der Waals surface area contributed by atoms with Gasteiger partial charge in [0, 0.05) is 51.4 Å². The molecule has 2 N–H and O–H groups in total. The van der Waals surface area contributed by atoms with Crippen LogP contribution in [0.5, 0.6) is 5.75 Å². The quantitative estimate of drug-likeness (QED) is 0.618. The molecule has 9 heteroatoms. The maximum Gasteiger partial charge on any atom is 0.407 e. The number of carboxylic acid groups (broad SMARTS) is 1. The number of carbonyl (C=O) groups is 1. The van der Waals surface area contributed by atoms with E-state index in [9.17, 15) is 15.0 Å². The molecule has 2 saturated heterocycles. The normalized spacial score (nSPS) is 22.7. The molecule has 0 aliphatic carbocycles. The van der Waals surface area contributed by atoms with Crippen LogP contribution in [0.25, 0.3) is 0 Å². The van der Waals surface area contributed by atoms with Gasteiger partial charge in [-0.3, -0.25) is 9.80 Å². The van der Waals surface area contributed by atoms with Gasteiger partial charge in [0.25, 0.3) is 0 Å². The molecular formula is C23H34N4O5. The SMILES string of the molecule is CC(C)(C)N(CCN1CC2CN(C[C@H](O)COc3ccc(C#N)cc3)CC(C1)O2)C(=O)O. The smallest absolute Gasteiger partial charge is 0.407 e. The molecule has 0 saturated carbocycles. The molecule has 9 nitrogen and oxygen atoms in total. The number of ether oxygens (including phenoxy) is 2. The van der Waals surface area contributed by atoms with Crippen LogP contribution in [0.1, 0.15) is 26.3 Å². The average molecular weight is 447 g/mol. The molecule has 1 aromatic carbocycles. The highest BCUT2D eigenvalue weighted by Crippen LogP contribution is 2.21. The monoisotopic (exact) mass is 446 g/mol. The van der Waals surface area contributed by atoms with E-state index in [0.29, 0.717) is 30.9 Å². The van der Waals surface area contributed by atoms with Crippen molar-refractivity contribution in [2.45, 2.75) is 44.6 Å². The number of morpholine rings is 2. The number of rotatable bonds is 8. The van der Waals surface area contributed by atoms with Crippen molar-refractivity contribution in [2.75, 3.05) is 52.4 Å². The molecule has 1 aromatic rings. The van der Waals surface area contributed by atoms with Gasteiger partial charge in [0.15, 0.2) is 0 Å². The van der Waals surface area contributed by atoms with E-state index in [4.69, 9.17) is 14.7 Å². The highest BCUT2D eigenvalue weighted by molar-refractivity contribution is 5.65. The van der Waals surface area contributed by atoms with Crippen LogP contribution in [0.3, 0.4) is 0 Å². The van der Waals surface area contributed by atoms with Crippen molar-refractivity contribution in [3.8, 4) is 11.8 Å². The first-order valence-corrected chi connectivity index (χ1v) is 11.1. The fourth-order valence-corrected chi connectivity index (χ4v) is 4.32. The Balaban J connectivity index is 1.42. The standard InChI is InChI=1S/C23H34N4O5/c1-23(2,3)27(22(29)30)9-8-25-12-20-14-26(15-21(13-25)32-20)11-18(28)16-31-19-6-4-17(10-24)5-7-19/h4-7,18,20-21,28H,8-9,11-16H2,1-3H3,(H,29,30)/t18-,20?,21?/m0/s1. The van der Waals surface area contributed by atoms with E-state index < -0.39 is 17.7 Å². The van der Waals surface area contributed by atoms with Gasteiger partial charge in [-0.15, -0.1) is 0 Å². The molecule has 176 valence electrons. The van der Waals surface area contributed by atoms with Crippen molar-refractivity contribution >= 4 is 6.09 Å². The summed E-state index contributed by atoms with van der Waals surface area (Å²) in [6.07, 6.45) is -1.44. The van der Waals surface area contributed by atoms with Crippen molar-refractivity contribution in [1.29, 1.82) is 5.26 Å². The highest BCUT2D eigenvalue weighted by Gasteiger charge is 2.36. The van der Waals surface area contributed by atoms with Crippen LogP contribution < -0.4 is 4.74 Å². The first-order chi connectivity index (χ1) is 15.1. The molecule has 0 spiro atoms. The maximum atomic E-state index is 11.6. The van der Waals surface area contributed by atoms with Gasteiger partial charge in [0.05, 0.1) is 23.8 Å². The molecule has 32 heavy (non-hydrogen) atoms. The van der Waals surface area contributed by atoms with Crippen LogP contribution in [-0.2, 0) is 4.74 Å². The third-order valence-electron chi connectivity index (χ3n) is 5.81. The molecule has 2 heterocycles. The lowest BCUT2D eigenvalue weighted by Crippen LogP contribution is -2.61. The number of aliphatic hydroxyl groups excluding tert-OH is 1. The second-order valence-corrected chi connectivity index (χ2v) is 9.56. The van der Waals surface area contributed by atoms with E-state index in [2.05, 4.69) is 15.9 Å². The molecule has 2 bridgehead atoms. The summed E-state index contributed by atoms with van der Waals surface area (Å²) in [4.78, 5) is 17.5. The van der Waals surface area contributed by atoms with Gasteiger partial charge in [-0.25, -0.2) is 4.79 Å². The largest absolute Gasteiger partial charge is 0.491 e. The Labute approximate surface area is 189 Å². The van der Waals surface area contributed by atoms with Gasteiger partial charge >= 0.3 is 6.09 Å². The lowest BCUT2D eigenvalue weighted by molar-refractivity contribution is -0.144. The molecule has 2 aliphatic heterocycles. The van der Waals surface area contributed by atoms with Gasteiger partial charge in [0.1, 0.15) is 18.5 Å². The number of aliphatic hydroxyl groups is 1. The second kappa shape index (κ2) is 10.5. The first-order valence-electron chi connectivity index (χ1n) is 11.1. The molecule has 3 atom stereocenters. The van der Waals surface area contributed by atoms with Crippen LogP contribution >= 0.6 is 0 Å². The Morgan fingerprint density at radius 3 is 2.34 bits per heavy atom. The number of benzene rings is 1. The lowest BCUT2D eigenvalue weighted by atomic mass is 10.1. The van der Waals surface area contributed by atoms with Gasteiger partial charge < -0.3 is 24.6 Å². The van der Waals surface area contributed by atoms with E-state index in [-0.39, 0.29) is 18.8 Å². The Hall–Kier alpha value is -2.38. The minimum Gasteiger partial charge on any atom is -0.491 e. The van der Waals surface area contributed by atoms with Gasteiger partial charge in [0.2, 0.25) is 0 Å². The number of amides is 1. The third-order valence-corrected chi connectivity index (χ3v) is 5.81. The van der Waals surface area contributed by atoms with Crippen molar-refractivity contribution < 1.29 is 24.5 Å². The van der Waals surface area contributed by atoms with Crippen molar-refractivity contribution in [3.63, 3.8) is 0 Å². The Morgan fingerprint density at radius 1 is 1.22 bits per heavy atom. The molecule has 1 amide bonds. The fourth-order valence-electron chi connectivity index (χ4n) is 4.32. The second-order valence-electron chi connectivity index (χ2n) is 9.56. The summed E-state index contributed by atoms with van der Waals surface area (Å²) in [5, 5.41) is 28.8. The predicted molar refractivity (Wildman–Crippen MR) is 119 cm³/mol. The third kappa shape index (κ3) is 6.81. The molecule has 3 rings (SSSR count). The topological polar surface area (TPSA) is 110 Å². The maximum absolute atomic E-state index is 11.6. The molecule has 2 aliphatic rings. The summed E-state index contributed by atoms with van der Waals surface area (Å²) in [5.41, 5.74) is 0.140. The van der Waals surface area contributed by atoms with Crippen LogP contribution in [-0.4, -0.2) is 107 Å². The summed E-state index contributed by atoms with van der Waals surface area (Å²) in [7, 11) is 0. The van der Waals surface area contributed by atoms with Crippen LogP contribution in [0.2, 0.25) is 0 Å². The Morgan fingerprint density at radius 2 is 1.81 bits per heavy atom. The summed E-state index contributed by atoms with van der Waals surface area (Å²) in [6, 6.07) is 8.89. The zero-order valence-electron chi connectivity index (χ0n) is 19.1. The van der Waals surface area contributed by atoms with E-state index in [1.54, 1.807) is 24.3 Å². The van der Waals surface area contributed by atoms with Crippen molar-refractivity contribution in [2.24, 2.45) is 0 Å². The summed E-state index contributed by atoms with van der Waals surface area (Å²) >= 11 is 0. The lowest BCUT2D eigenvalue weighted by Gasteiger charge is -2.46. The van der Waals surface area contributed by atoms with E-state index in [0.717, 1.165) is 26.2 Å². The predicted octanol–water partition coefficient (Wildman–Crippen LogP) is 1.46. The van der Waals surface area contributed by atoms with Crippen LogP contribution in [0.15, 0.2) is 24.3 Å². The number of β-amino-alcohol motifs (C(OH)–C–C–N with tert-alkyl or cyclic N) is 1. The van der Waals surface area contributed by atoms with Crippen molar-refractivity contribution in [3.05, 3.63) is 29.8 Å². The van der Waals surface area contributed by atoms with E-state index >= 15 is 0 Å². The van der Waals surface area contributed by atoms with Crippen LogP contribution in [0.4, 0.5) is 4.79 Å². The average Bonchev–Trinajstić information content (AvgIpc) is 2.71. The van der Waals surface area contributed by atoms with Gasteiger partial charge in [-0.1, -0.05) is 0 Å². The fraction of sp³-hybridized carbons (Fsp3) is 0.652. The molecule has 2 unspecified atom stereocenters. The highest BCUT2D eigenvalue weighted by atomic mass is 16.5. The zero-order chi connectivity index (χ0) is 23.3. The number of hydrogen-bond acceptors (Lipinski definition) is 7. The summed E-state index contributed by atoms with van der Waals surface area (Å²) in [6.45, 7) is 10.5. The molecule has 2 fully saturated rings. The molecular weight excluding hydrogens is 412 g/mol. The van der Waals surface area contributed by atoms with Gasteiger partial charge in [-0.2, -0.15) is 5.26 Å². The summed E-state index contributed by atoms with van der Waals surface area (Å²) < 4.78 is 11.7. The van der Waals surface area contributed by atoms with Gasteiger partial charge in [-0.05, 0) is 45.0 Å². The number of hydrogen-bond donors (Lipinski definition) is 2. The first kappa shape index (κ1) is 24.3. The number of nitrogens with zero attached hydrogens (tertiary/aromatic N) is 4. The minimum absolute atomic E-state index is 0.0436. The van der Waals surface area contributed by atoms with Crippen LogP contribution in [0, 0.1) is 11.3 Å². The van der Waals surface area contributed by atoms with Crippen molar-refractivity contribution in [1.82, 2.24) is 14.7 Å². The summed E-state index contributed by atoms with van der Waals surface area (Å²) in [5.74, 6) is 0.628. The Kier molecular flexibility index (Phi) is 7.96. The molecule has 0 aromatic heterocycles. The zero-order valence-corrected chi connectivity index (χ0v) is 19.1. The number of fused-ring (bicyclic) bond motifs is 2. The number of nitriles is 1. The van der Waals surface area contributed by atoms with E-state index in [1.165, 1.54) is 4.90 Å². The molecule has 0 radical (unpaired) electrons. The van der Waals surface area contributed by atoms with E-state index in [1.807, 2.05) is 20.8 Å². The minimum atomic E-state index is -0.894.